The molecule has 0 aromatic heterocycles. The van der Waals surface area contributed by atoms with Crippen molar-refractivity contribution in [2.75, 3.05) is 12.4 Å². The highest BCUT2D eigenvalue weighted by atomic mass is 32.1. The first-order valence-corrected chi connectivity index (χ1v) is 7.35. The van der Waals surface area contributed by atoms with Crippen LogP contribution in [0, 0.1) is 5.82 Å². The van der Waals surface area contributed by atoms with Crippen molar-refractivity contribution < 1.29 is 14.0 Å². The van der Waals surface area contributed by atoms with Gasteiger partial charge >= 0.3 is 0 Å². The van der Waals surface area contributed by atoms with Gasteiger partial charge in [0.15, 0.2) is 5.11 Å². The van der Waals surface area contributed by atoms with E-state index in [4.69, 9.17) is 12.2 Å². The number of rotatable bonds is 3. The fourth-order valence-corrected chi connectivity index (χ4v) is 1.81. The van der Waals surface area contributed by atoms with Crippen molar-refractivity contribution in [2.24, 2.45) is 0 Å². The molecule has 0 aliphatic carbocycles. The summed E-state index contributed by atoms with van der Waals surface area (Å²) in [5.41, 5.74) is 6.19. The molecule has 124 valence electrons. The number of halogens is 1. The Hall–Kier alpha value is -3.00. The standard InChI is InChI=1S/C16H15FN4O2S/c1-18-16(24)21-20-15(23)11-4-8-13(9-5-11)19-14(22)10-2-6-12(17)7-3-10/h2-9H,1H3,(H,19,22)(H,20,23)(H2,18,21,24). The highest BCUT2D eigenvalue weighted by Gasteiger charge is 2.08. The summed E-state index contributed by atoms with van der Waals surface area (Å²) in [5, 5.41) is 5.60. The Labute approximate surface area is 143 Å². The number of nitrogens with one attached hydrogen (secondary N) is 4. The number of anilines is 1. The van der Waals surface area contributed by atoms with E-state index >= 15 is 0 Å². The zero-order valence-electron chi connectivity index (χ0n) is 12.7. The molecule has 4 N–H and O–H groups in total. The van der Waals surface area contributed by atoms with Crippen molar-refractivity contribution in [3.63, 3.8) is 0 Å². The summed E-state index contributed by atoms with van der Waals surface area (Å²) < 4.78 is 12.8. The van der Waals surface area contributed by atoms with Crippen molar-refractivity contribution in [2.45, 2.75) is 0 Å². The van der Waals surface area contributed by atoms with Crippen molar-refractivity contribution in [1.29, 1.82) is 0 Å². The molecule has 8 heteroatoms. The van der Waals surface area contributed by atoms with Gasteiger partial charge in [0.25, 0.3) is 11.8 Å². The molecular weight excluding hydrogens is 331 g/mol. The molecule has 0 unspecified atom stereocenters. The number of hydrazine groups is 1. The summed E-state index contributed by atoms with van der Waals surface area (Å²) in [6.45, 7) is 0. The molecule has 24 heavy (non-hydrogen) atoms. The molecule has 2 rings (SSSR count). The van der Waals surface area contributed by atoms with E-state index in [1.165, 1.54) is 24.3 Å². The first-order valence-electron chi connectivity index (χ1n) is 6.94. The third-order valence-corrected chi connectivity index (χ3v) is 3.33. The van der Waals surface area contributed by atoms with Crippen LogP contribution in [0.5, 0.6) is 0 Å². The van der Waals surface area contributed by atoms with E-state index in [1.54, 1.807) is 31.3 Å². The fourth-order valence-electron chi connectivity index (χ4n) is 1.76. The van der Waals surface area contributed by atoms with Gasteiger partial charge in [-0.3, -0.25) is 20.4 Å². The van der Waals surface area contributed by atoms with Crippen LogP contribution in [0.4, 0.5) is 10.1 Å². The number of carbonyl (C=O) groups excluding carboxylic acids is 2. The van der Waals surface area contributed by atoms with Crippen molar-refractivity contribution in [3.8, 4) is 0 Å². The fraction of sp³-hybridized carbons (Fsp3) is 0.0625. The van der Waals surface area contributed by atoms with E-state index < -0.39 is 5.82 Å². The van der Waals surface area contributed by atoms with Gasteiger partial charge in [0.1, 0.15) is 5.82 Å². The predicted molar refractivity (Wildman–Crippen MR) is 93.1 cm³/mol. The Kier molecular flexibility index (Phi) is 5.80. The largest absolute Gasteiger partial charge is 0.364 e. The normalized spacial score (nSPS) is 9.75. The molecule has 0 radical (unpaired) electrons. The van der Waals surface area contributed by atoms with Crippen molar-refractivity contribution in [1.82, 2.24) is 16.2 Å². The Morgan fingerprint density at radius 1 is 0.875 bits per heavy atom. The van der Waals surface area contributed by atoms with Gasteiger partial charge in [0.05, 0.1) is 0 Å². The number of carbonyl (C=O) groups is 2. The highest BCUT2D eigenvalue weighted by molar-refractivity contribution is 7.80. The summed E-state index contributed by atoms with van der Waals surface area (Å²) in [5.74, 6) is -1.15. The van der Waals surface area contributed by atoms with E-state index in [1.807, 2.05) is 0 Å². The Bertz CT molecular complexity index is 748. The number of thiocarbonyl (C=S) groups is 1. The second-order valence-corrected chi connectivity index (χ2v) is 5.10. The lowest BCUT2D eigenvalue weighted by Crippen LogP contribution is -2.45. The van der Waals surface area contributed by atoms with Crippen LogP contribution in [-0.4, -0.2) is 24.0 Å². The maximum Gasteiger partial charge on any atom is 0.269 e. The lowest BCUT2D eigenvalue weighted by Gasteiger charge is -2.09. The molecule has 0 bridgehead atoms. The summed E-state index contributed by atoms with van der Waals surface area (Å²) in [7, 11) is 1.63. The van der Waals surface area contributed by atoms with Gasteiger partial charge in [0, 0.05) is 23.9 Å². The molecular formula is C16H15FN4O2S. The zero-order valence-corrected chi connectivity index (χ0v) is 13.5. The maximum absolute atomic E-state index is 12.8. The molecule has 0 heterocycles. The number of hydrogen-bond donors (Lipinski definition) is 4. The van der Waals surface area contributed by atoms with E-state index in [9.17, 15) is 14.0 Å². The van der Waals surface area contributed by atoms with Crippen LogP contribution in [0.3, 0.4) is 0 Å². The van der Waals surface area contributed by atoms with Crippen LogP contribution in [0.2, 0.25) is 0 Å². The average Bonchev–Trinajstić information content (AvgIpc) is 2.60. The molecule has 0 saturated heterocycles. The topological polar surface area (TPSA) is 82.3 Å². The van der Waals surface area contributed by atoms with Crippen LogP contribution in [0.25, 0.3) is 0 Å². The Morgan fingerprint density at radius 3 is 2.00 bits per heavy atom. The van der Waals surface area contributed by atoms with Crippen LogP contribution in [0.1, 0.15) is 20.7 Å². The molecule has 2 aromatic carbocycles. The maximum atomic E-state index is 12.8. The van der Waals surface area contributed by atoms with Gasteiger partial charge in [0.2, 0.25) is 0 Å². The van der Waals surface area contributed by atoms with Gasteiger partial charge in [-0.2, -0.15) is 0 Å². The quantitative estimate of drug-likeness (QED) is 0.503. The lowest BCUT2D eigenvalue weighted by atomic mass is 10.1. The highest BCUT2D eigenvalue weighted by Crippen LogP contribution is 2.12. The van der Waals surface area contributed by atoms with Crippen LogP contribution >= 0.6 is 12.2 Å². The predicted octanol–water partition coefficient (Wildman–Crippen LogP) is 1.82. The van der Waals surface area contributed by atoms with Crippen molar-refractivity contribution in [3.05, 3.63) is 65.5 Å². The lowest BCUT2D eigenvalue weighted by molar-refractivity contribution is 0.0943. The van der Waals surface area contributed by atoms with Crippen molar-refractivity contribution >= 4 is 34.8 Å². The van der Waals surface area contributed by atoms with Gasteiger partial charge in [-0.25, -0.2) is 4.39 Å². The Balaban J connectivity index is 1.96. The first-order chi connectivity index (χ1) is 11.5. The van der Waals surface area contributed by atoms with Gasteiger partial charge in [-0.15, -0.1) is 0 Å². The summed E-state index contributed by atoms with van der Waals surface area (Å²) in [6, 6.07) is 11.5. The van der Waals surface area contributed by atoms with E-state index in [2.05, 4.69) is 21.5 Å². The molecule has 0 fully saturated rings. The van der Waals surface area contributed by atoms with Crippen LogP contribution in [0.15, 0.2) is 48.5 Å². The molecule has 6 nitrogen and oxygen atoms in total. The smallest absolute Gasteiger partial charge is 0.269 e. The molecule has 0 aliphatic rings. The first kappa shape index (κ1) is 17.4. The molecule has 0 spiro atoms. The minimum Gasteiger partial charge on any atom is -0.364 e. The SMILES string of the molecule is CNC(=S)NNC(=O)c1ccc(NC(=O)c2ccc(F)cc2)cc1. The van der Waals surface area contributed by atoms with E-state index in [0.29, 0.717) is 16.8 Å². The minimum atomic E-state index is -0.409. The average molecular weight is 346 g/mol. The summed E-state index contributed by atoms with van der Waals surface area (Å²) in [4.78, 5) is 23.9. The number of amides is 2. The molecule has 0 aliphatic heterocycles. The van der Waals surface area contributed by atoms with Crippen LogP contribution in [-0.2, 0) is 0 Å². The number of hydrogen-bond acceptors (Lipinski definition) is 3. The minimum absolute atomic E-state index is 0.284. The monoisotopic (exact) mass is 346 g/mol. The van der Waals surface area contributed by atoms with E-state index in [0.717, 1.165) is 0 Å². The summed E-state index contributed by atoms with van der Waals surface area (Å²) in [6.07, 6.45) is 0. The summed E-state index contributed by atoms with van der Waals surface area (Å²) >= 11 is 4.84. The second kappa shape index (κ2) is 8.02. The molecule has 0 saturated carbocycles. The van der Waals surface area contributed by atoms with Gasteiger partial charge in [-0.05, 0) is 60.7 Å². The Morgan fingerprint density at radius 2 is 1.42 bits per heavy atom. The van der Waals surface area contributed by atoms with Gasteiger partial charge in [-0.1, -0.05) is 0 Å². The number of benzene rings is 2. The molecule has 2 amide bonds. The molecule has 2 aromatic rings. The van der Waals surface area contributed by atoms with E-state index in [-0.39, 0.29) is 16.9 Å². The third kappa shape index (κ3) is 4.75. The second-order valence-electron chi connectivity index (χ2n) is 4.70. The molecule has 0 atom stereocenters. The van der Waals surface area contributed by atoms with Gasteiger partial charge < -0.3 is 10.6 Å². The van der Waals surface area contributed by atoms with Crippen LogP contribution < -0.4 is 21.5 Å². The zero-order chi connectivity index (χ0) is 17.5. The third-order valence-electron chi connectivity index (χ3n) is 3.03.